The third kappa shape index (κ3) is 5.58. The van der Waals surface area contributed by atoms with E-state index in [-0.39, 0.29) is 25.4 Å². The van der Waals surface area contributed by atoms with Gasteiger partial charge in [-0.2, -0.15) is 0 Å². The molecule has 0 radical (unpaired) electrons. The largest absolute Gasteiger partial charge is 0.481 e. The average molecular weight is 489 g/mol. The van der Waals surface area contributed by atoms with E-state index in [0.717, 1.165) is 5.56 Å². The van der Waals surface area contributed by atoms with Crippen molar-refractivity contribution in [2.24, 2.45) is 11.8 Å². The third-order valence-electron chi connectivity index (χ3n) is 5.66. The van der Waals surface area contributed by atoms with Crippen LogP contribution >= 0.6 is 11.3 Å². The zero-order valence-electron chi connectivity index (χ0n) is 20.2. The highest BCUT2D eigenvalue weighted by Crippen LogP contribution is 2.51. The first-order chi connectivity index (χ1) is 15.9. The molecule has 3 atom stereocenters. The molecule has 1 N–H and O–H groups in total. The average Bonchev–Trinajstić information content (AvgIpc) is 3.38. The highest BCUT2D eigenvalue weighted by Gasteiger charge is 2.62. The molecule has 1 amide bonds. The summed E-state index contributed by atoms with van der Waals surface area (Å²) in [5.74, 6) is -2.75. The van der Waals surface area contributed by atoms with Gasteiger partial charge in [-0.15, -0.1) is 11.3 Å². The molecule has 1 fully saturated rings. The molecule has 2 heterocycles. The summed E-state index contributed by atoms with van der Waals surface area (Å²) in [6.45, 7) is 9.09. The maximum atomic E-state index is 13.7. The van der Waals surface area contributed by atoms with Crippen LogP contribution in [0.25, 0.3) is 0 Å². The number of hydrogen-bond donors (Lipinski definition) is 1. The van der Waals surface area contributed by atoms with Crippen molar-refractivity contribution in [2.75, 3.05) is 0 Å². The Balaban J connectivity index is 2.10. The number of nitrogens with zero attached hydrogens (tertiary/aromatic N) is 2. The zero-order valence-corrected chi connectivity index (χ0v) is 21.0. The standard InChI is InChI=1S/C25H32N2O6S/c1-16(2)11-25(22(30)33-24(3,4)5)12-18(21(28)29)20(19-13-26-15-34-19)27(25)23(31)32-14-17-9-7-6-8-10-17/h6-10,13,15-16,18,20H,11-12,14H2,1-5H3,(H,28,29)/t18-,20+,25-/m1/s1. The highest BCUT2D eigenvalue weighted by atomic mass is 32.1. The first kappa shape index (κ1) is 25.7. The van der Waals surface area contributed by atoms with Gasteiger partial charge in [0, 0.05) is 11.1 Å². The number of carboxylic acids is 1. The summed E-state index contributed by atoms with van der Waals surface area (Å²) >= 11 is 1.25. The van der Waals surface area contributed by atoms with Crippen LogP contribution < -0.4 is 0 Å². The molecular formula is C25H32N2O6S. The summed E-state index contributed by atoms with van der Waals surface area (Å²) in [7, 11) is 0. The number of rotatable bonds is 7. The molecule has 1 aliphatic rings. The van der Waals surface area contributed by atoms with Gasteiger partial charge in [-0.05, 0) is 45.1 Å². The lowest BCUT2D eigenvalue weighted by atomic mass is 9.83. The fourth-order valence-corrected chi connectivity index (χ4v) is 5.29. The van der Waals surface area contributed by atoms with Crippen molar-refractivity contribution >= 4 is 29.4 Å². The van der Waals surface area contributed by atoms with Crippen molar-refractivity contribution in [3.63, 3.8) is 0 Å². The van der Waals surface area contributed by atoms with E-state index in [9.17, 15) is 19.5 Å². The van der Waals surface area contributed by atoms with Crippen LogP contribution in [0.1, 0.15) is 63.9 Å². The molecule has 1 aromatic carbocycles. The Hall–Kier alpha value is -2.94. The molecule has 0 aliphatic carbocycles. The number of ether oxygens (including phenoxy) is 2. The lowest BCUT2D eigenvalue weighted by molar-refractivity contribution is -0.169. The third-order valence-corrected chi connectivity index (χ3v) is 6.51. The smallest absolute Gasteiger partial charge is 0.411 e. The highest BCUT2D eigenvalue weighted by molar-refractivity contribution is 7.09. The summed E-state index contributed by atoms with van der Waals surface area (Å²) in [5.41, 5.74) is 0.0536. The SMILES string of the molecule is CC(C)C[C@]1(C(=O)OC(C)(C)C)C[C@@H](C(=O)O)[C@@H](c2cncs2)N1C(=O)OCc1ccccc1. The monoisotopic (exact) mass is 488 g/mol. The molecule has 9 heteroatoms. The normalized spacial score (nSPS) is 22.6. The summed E-state index contributed by atoms with van der Waals surface area (Å²) in [6, 6.07) is 8.28. The molecule has 34 heavy (non-hydrogen) atoms. The van der Waals surface area contributed by atoms with Crippen molar-refractivity contribution in [3.05, 3.63) is 52.5 Å². The molecule has 3 rings (SSSR count). The summed E-state index contributed by atoms with van der Waals surface area (Å²) in [4.78, 5) is 45.7. The van der Waals surface area contributed by atoms with E-state index in [1.165, 1.54) is 16.2 Å². The van der Waals surface area contributed by atoms with Crippen LogP contribution in [-0.2, 0) is 25.7 Å². The van der Waals surface area contributed by atoms with Gasteiger partial charge in [-0.1, -0.05) is 44.2 Å². The number of carbonyl (C=O) groups is 3. The molecule has 1 aromatic heterocycles. The number of likely N-dealkylation sites (tertiary alicyclic amines) is 1. The number of amides is 1. The fraction of sp³-hybridized carbons (Fsp3) is 0.520. The lowest BCUT2D eigenvalue weighted by Gasteiger charge is -2.40. The second kappa shape index (κ2) is 10.1. The van der Waals surface area contributed by atoms with E-state index in [1.807, 2.05) is 44.2 Å². The van der Waals surface area contributed by atoms with Crippen molar-refractivity contribution in [1.82, 2.24) is 9.88 Å². The molecule has 0 spiro atoms. The topological polar surface area (TPSA) is 106 Å². The Morgan fingerprint density at radius 2 is 1.91 bits per heavy atom. The quantitative estimate of drug-likeness (QED) is 0.543. The van der Waals surface area contributed by atoms with Crippen LogP contribution in [-0.4, -0.2) is 44.2 Å². The van der Waals surface area contributed by atoms with Crippen molar-refractivity contribution < 1.29 is 29.0 Å². The van der Waals surface area contributed by atoms with Gasteiger partial charge in [-0.25, -0.2) is 9.59 Å². The fourth-order valence-electron chi connectivity index (χ4n) is 4.51. The molecule has 0 saturated carbocycles. The summed E-state index contributed by atoms with van der Waals surface area (Å²) in [6.07, 6.45) is 0.959. The van der Waals surface area contributed by atoms with E-state index in [2.05, 4.69) is 4.98 Å². The van der Waals surface area contributed by atoms with Crippen LogP contribution in [0.5, 0.6) is 0 Å². The number of hydrogen-bond acceptors (Lipinski definition) is 7. The number of thiazole rings is 1. The zero-order chi connectivity index (χ0) is 25.1. The Labute approximate surface area is 203 Å². The number of esters is 1. The second-order valence-corrected chi connectivity index (χ2v) is 11.0. The number of aliphatic carboxylic acids is 1. The van der Waals surface area contributed by atoms with Crippen LogP contribution in [0.3, 0.4) is 0 Å². The van der Waals surface area contributed by atoms with Gasteiger partial charge in [0.25, 0.3) is 0 Å². The van der Waals surface area contributed by atoms with E-state index >= 15 is 0 Å². The van der Waals surface area contributed by atoms with Crippen LogP contribution in [0.4, 0.5) is 4.79 Å². The lowest BCUT2D eigenvalue weighted by Crippen LogP contribution is -2.56. The number of carboxylic acid groups (broad SMARTS) is 1. The number of aromatic nitrogens is 1. The Morgan fingerprint density at radius 1 is 1.24 bits per heavy atom. The van der Waals surface area contributed by atoms with Gasteiger partial charge in [0.05, 0.1) is 17.5 Å². The molecule has 184 valence electrons. The van der Waals surface area contributed by atoms with Crippen LogP contribution in [0.2, 0.25) is 0 Å². The first-order valence-electron chi connectivity index (χ1n) is 11.3. The Bertz CT molecular complexity index is 1000. The number of carbonyl (C=O) groups excluding carboxylic acids is 2. The minimum absolute atomic E-state index is 0.00456. The van der Waals surface area contributed by atoms with E-state index in [4.69, 9.17) is 9.47 Å². The van der Waals surface area contributed by atoms with Crippen LogP contribution in [0, 0.1) is 11.8 Å². The maximum absolute atomic E-state index is 13.7. The van der Waals surface area contributed by atoms with Crippen LogP contribution in [0.15, 0.2) is 42.0 Å². The van der Waals surface area contributed by atoms with Crippen molar-refractivity contribution in [2.45, 2.75) is 71.2 Å². The molecule has 0 bridgehead atoms. The van der Waals surface area contributed by atoms with Gasteiger partial charge < -0.3 is 14.6 Å². The maximum Gasteiger partial charge on any atom is 0.411 e. The van der Waals surface area contributed by atoms with Gasteiger partial charge in [0.15, 0.2) is 0 Å². The first-order valence-corrected chi connectivity index (χ1v) is 12.2. The summed E-state index contributed by atoms with van der Waals surface area (Å²) < 4.78 is 11.4. The molecule has 1 saturated heterocycles. The Morgan fingerprint density at radius 3 is 2.44 bits per heavy atom. The van der Waals surface area contributed by atoms with Gasteiger partial charge in [0.2, 0.25) is 0 Å². The minimum Gasteiger partial charge on any atom is -0.481 e. The second-order valence-electron chi connectivity index (χ2n) is 10.0. The minimum atomic E-state index is -1.49. The summed E-state index contributed by atoms with van der Waals surface area (Å²) in [5, 5.41) is 10.1. The molecular weight excluding hydrogens is 456 g/mol. The van der Waals surface area contributed by atoms with E-state index in [0.29, 0.717) is 4.88 Å². The molecule has 8 nitrogen and oxygen atoms in total. The predicted molar refractivity (Wildman–Crippen MR) is 127 cm³/mol. The Kier molecular flexibility index (Phi) is 7.65. The predicted octanol–water partition coefficient (Wildman–Crippen LogP) is 5.05. The van der Waals surface area contributed by atoms with Crippen molar-refractivity contribution in [1.29, 1.82) is 0 Å². The van der Waals surface area contributed by atoms with Gasteiger partial charge >= 0.3 is 18.0 Å². The van der Waals surface area contributed by atoms with Gasteiger partial charge in [-0.3, -0.25) is 14.7 Å². The van der Waals surface area contributed by atoms with Gasteiger partial charge in [0.1, 0.15) is 17.7 Å². The molecule has 2 aromatic rings. The molecule has 0 unspecified atom stereocenters. The van der Waals surface area contributed by atoms with E-state index < -0.39 is 41.1 Å². The number of benzene rings is 1. The molecule has 1 aliphatic heterocycles. The van der Waals surface area contributed by atoms with Crippen molar-refractivity contribution in [3.8, 4) is 0 Å². The van der Waals surface area contributed by atoms with E-state index in [1.54, 1.807) is 32.5 Å².